The number of rotatable bonds is 4. The summed E-state index contributed by atoms with van der Waals surface area (Å²) in [5, 5.41) is 0. The summed E-state index contributed by atoms with van der Waals surface area (Å²) >= 11 is 0. The number of aryl methyl sites for hydroxylation is 1. The Bertz CT molecular complexity index is 1220. The van der Waals surface area contributed by atoms with Gasteiger partial charge in [0, 0.05) is 36.9 Å². The van der Waals surface area contributed by atoms with E-state index >= 15 is 0 Å². The van der Waals surface area contributed by atoms with Crippen molar-refractivity contribution in [2.24, 2.45) is 5.92 Å². The lowest BCUT2D eigenvalue weighted by molar-refractivity contribution is -0.141. The van der Waals surface area contributed by atoms with E-state index in [0.717, 1.165) is 36.6 Å². The maximum absolute atomic E-state index is 13.8. The van der Waals surface area contributed by atoms with Gasteiger partial charge in [-0.25, -0.2) is 15.0 Å². The summed E-state index contributed by atoms with van der Waals surface area (Å²) in [4.78, 5) is 36.4. The minimum atomic E-state index is -4.51. The highest BCUT2D eigenvalue weighted by molar-refractivity contribution is 5.99. The normalized spacial score (nSPS) is 21.8. The highest BCUT2D eigenvalue weighted by Crippen LogP contribution is 2.44. The number of nitrogens with zero attached hydrogens (tertiary/aromatic N) is 6. The van der Waals surface area contributed by atoms with Crippen molar-refractivity contribution in [2.75, 3.05) is 0 Å². The lowest BCUT2D eigenvalue weighted by atomic mass is 9.86. The van der Waals surface area contributed by atoms with Gasteiger partial charge in [0.25, 0.3) is 5.91 Å². The van der Waals surface area contributed by atoms with Crippen molar-refractivity contribution < 1.29 is 18.0 Å². The molecule has 0 N–H and O–H groups in total. The zero-order valence-corrected chi connectivity index (χ0v) is 18.8. The van der Waals surface area contributed by atoms with Crippen LogP contribution in [-0.2, 0) is 12.6 Å². The van der Waals surface area contributed by atoms with Crippen molar-refractivity contribution in [3.63, 3.8) is 0 Å². The lowest BCUT2D eigenvalue weighted by Crippen LogP contribution is -2.37. The Balaban J connectivity index is 1.41. The number of pyridine rings is 1. The molecule has 2 bridgehead atoms. The summed E-state index contributed by atoms with van der Waals surface area (Å²) in [6, 6.07) is 1.77. The second kappa shape index (κ2) is 8.41. The minimum Gasteiger partial charge on any atom is -0.331 e. The summed E-state index contributed by atoms with van der Waals surface area (Å²) in [5.74, 6) is 0.415. The first-order valence-electron chi connectivity index (χ1n) is 11.2. The van der Waals surface area contributed by atoms with Crippen molar-refractivity contribution in [3.8, 4) is 11.4 Å². The number of fused-ring (bicyclic) bond motifs is 2. The number of alkyl halides is 3. The van der Waals surface area contributed by atoms with Gasteiger partial charge in [0.05, 0.1) is 17.5 Å². The number of halogens is 3. The fourth-order valence-corrected chi connectivity index (χ4v) is 5.21. The first-order chi connectivity index (χ1) is 16.2. The second-order valence-electron chi connectivity index (χ2n) is 8.96. The molecule has 2 aliphatic rings. The average molecular weight is 468 g/mol. The van der Waals surface area contributed by atoms with Crippen molar-refractivity contribution >= 4 is 5.91 Å². The van der Waals surface area contributed by atoms with Gasteiger partial charge in [0.15, 0.2) is 11.5 Å². The van der Waals surface area contributed by atoms with E-state index in [0.29, 0.717) is 29.2 Å². The molecule has 3 aromatic heterocycles. The summed E-state index contributed by atoms with van der Waals surface area (Å²) in [5.41, 5.74) is 2.33. The Hall–Kier alpha value is -3.43. The van der Waals surface area contributed by atoms with Gasteiger partial charge in [-0.15, -0.1) is 0 Å². The molecule has 176 valence electrons. The molecule has 10 heteroatoms. The standard InChI is InChI=1S/C24H23F3N6O/c1-13-10-32-21(20(14(13)2)22-28-6-3-7-29-22)23(34)33-17-4-5-18(33)15(9-17)8-16-11-31-19(12-30-16)24(25,26)27/h3,6-7,10-12,15,17-18H,4-5,8-9H2,1-2H3. The van der Waals surface area contributed by atoms with E-state index in [2.05, 4.69) is 24.9 Å². The SMILES string of the molecule is Cc1cnc(C(=O)N2C3CCC2C(Cc2cnc(C(F)(F)F)cn2)C3)c(-c2ncccn2)c1C. The van der Waals surface area contributed by atoms with Gasteiger partial charge in [-0.3, -0.25) is 14.8 Å². The molecule has 2 aliphatic heterocycles. The lowest BCUT2D eigenvalue weighted by Gasteiger charge is -2.25. The van der Waals surface area contributed by atoms with Crippen LogP contribution in [0.1, 0.15) is 52.3 Å². The van der Waals surface area contributed by atoms with E-state index in [1.807, 2.05) is 18.7 Å². The molecule has 0 radical (unpaired) electrons. The van der Waals surface area contributed by atoms with Crippen LogP contribution in [0.25, 0.3) is 11.4 Å². The Morgan fingerprint density at radius 1 is 1.03 bits per heavy atom. The van der Waals surface area contributed by atoms with Gasteiger partial charge in [0.1, 0.15) is 5.69 Å². The van der Waals surface area contributed by atoms with Crippen LogP contribution >= 0.6 is 0 Å². The predicted octanol–water partition coefficient (Wildman–Crippen LogP) is 4.20. The number of aromatic nitrogens is 5. The van der Waals surface area contributed by atoms with Gasteiger partial charge in [-0.2, -0.15) is 13.2 Å². The molecule has 2 fully saturated rings. The van der Waals surface area contributed by atoms with Crippen molar-refractivity contribution in [2.45, 2.75) is 57.8 Å². The number of carbonyl (C=O) groups is 1. The molecule has 0 aromatic carbocycles. The average Bonchev–Trinajstić information content (AvgIpc) is 3.38. The predicted molar refractivity (Wildman–Crippen MR) is 117 cm³/mol. The molecular weight excluding hydrogens is 445 g/mol. The third-order valence-corrected chi connectivity index (χ3v) is 6.95. The summed E-state index contributed by atoms with van der Waals surface area (Å²) in [6.45, 7) is 3.87. The van der Waals surface area contributed by atoms with Crippen LogP contribution in [0.15, 0.2) is 37.1 Å². The zero-order chi connectivity index (χ0) is 24.0. The zero-order valence-electron chi connectivity index (χ0n) is 18.8. The fraction of sp³-hybridized carbons (Fsp3) is 0.417. The van der Waals surface area contributed by atoms with Crippen LogP contribution < -0.4 is 0 Å². The molecule has 5 rings (SSSR count). The Labute approximate surface area is 194 Å². The van der Waals surface area contributed by atoms with Gasteiger partial charge in [0.2, 0.25) is 0 Å². The number of hydrogen-bond acceptors (Lipinski definition) is 6. The summed E-state index contributed by atoms with van der Waals surface area (Å²) in [6.07, 6.45) is 5.42. The number of hydrogen-bond donors (Lipinski definition) is 0. The highest BCUT2D eigenvalue weighted by Gasteiger charge is 2.49. The maximum Gasteiger partial charge on any atom is 0.434 e. The van der Waals surface area contributed by atoms with Crippen LogP contribution in [0, 0.1) is 19.8 Å². The molecule has 0 spiro atoms. The molecule has 7 nitrogen and oxygen atoms in total. The molecule has 3 atom stereocenters. The molecule has 34 heavy (non-hydrogen) atoms. The van der Waals surface area contributed by atoms with E-state index in [9.17, 15) is 18.0 Å². The summed E-state index contributed by atoms with van der Waals surface area (Å²) in [7, 11) is 0. The van der Waals surface area contributed by atoms with Crippen molar-refractivity contribution in [1.82, 2.24) is 29.8 Å². The minimum absolute atomic E-state index is 0.0189. The molecule has 5 heterocycles. The number of carbonyl (C=O) groups excluding carboxylic acids is 1. The maximum atomic E-state index is 13.8. The fourth-order valence-electron chi connectivity index (χ4n) is 5.21. The van der Waals surface area contributed by atoms with E-state index in [4.69, 9.17) is 0 Å². The van der Waals surface area contributed by atoms with Gasteiger partial charge >= 0.3 is 6.18 Å². The van der Waals surface area contributed by atoms with E-state index in [-0.39, 0.29) is 23.9 Å². The molecule has 0 aliphatic carbocycles. The first-order valence-corrected chi connectivity index (χ1v) is 11.2. The smallest absolute Gasteiger partial charge is 0.331 e. The topological polar surface area (TPSA) is 84.8 Å². The van der Waals surface area contributed by atoms with E-state index in [1.54, 1.807) is 24.7 Å². The molecule has 2 saturated heterocycles. The van der Waals surface area contributed by atoms with Crippen molar-refractivity contribution in [1.29, 1.82) is 0 Å². The van der Waals surface area contributed by atoms with E-state index < -0.39 is 11.9 Å². The van der Waals surface area contributed by atoms with Crippen molar-refractivity contribution in [3.05, 3.63) is 65.3 Å². The van der Waals surface area contributed by atoms with Gasteiger partial charge in [-0.05, 0) is 62.6 Å². The molecule has 1 amide bonds. The van der Waals surface area contributed by atoms with Crippen LogP contribution in [0.4, 0.5) is 13.2 Å². The Morgan fingerprint density at radius 2 is 1.79 bits per heavy atom. The first kappa shape index (κ1) is 22.4. The number of amides is 1. The third kappa shape index (κ3) is 3.91. The van der Waals surface area contributed by atoms with Crippen LogP contribution in [0.3, 0.4) is 0 Å². The van der Waals surface area contributed by atoms with Gasteiger partial charge in [-0.1, -0.05) is 0 Å². The molecule has 3 unspecified atom stereocenters. The molecular formula is C24H23F3N6O. The van der Waals surface area contributed by atoms with Gasteiger partial charge < -0.3 is 4.90 Å². The Kier molecular flexibility index (Phi) is 5.53. The Morgan fingerprint density at radius 3 is 2.47 bits per heavy atom. The van der Waals surface area contributed by atoms with E-state index in [1.165, 1.54) is 6.20 Å². The third-order valence-electron chi connectivity index (χ3n) is 6.95. The monoisotopic (exact) mass is 468 g/mol. The molecule has 0 saturated carbocycles. The molecule has 3 aromatic rings. The van der Waals surface area contributed by atoms with Crippen LogP contribution in [0.5, 0.6) is 0 Å². The van der Waals surface area contributed by atoms with Crippen LogP contribution in [0.2, 0.25) is 0 Å². The summed E-state index contributed by atoms with van der Waals surface area (Å²) < 4.78 is 38.4. The highest BCUT2D eigenvalue weighted by atomic mass is 19.4. The quantitative estimate of drug-likeness (QED) is 0.571. The largest absolute Gasteiger partial charge is 0.434 e. The van der Waals surface area contributed by atoms with Crippen LogP contribution in [-0.4, -0.2) is 47.8 Å². The second-order valence-corrected chi connectivity index (χ2v) is 8.96.